The van der Waals surface area contributed by atoms with E-state index in [0.717, 1.165) is 29.7 Å². The summed E-state index contributed by atoms with van der Waals surface area (Å²) in [6, 6.07) is 0. The molecular weight excluding hydrogens is 276 g/mol. The topological polar surface area (TPSA) is 9.23 Å². The van der Waals surface area contributed by atoms with E-state index in [-0.39, 0.29) is 5.60 Å². The van der Waals surface area contributed by atoms with Crippen LogP contribution in [0.1, 0.15) is 53.4 Å². The standard InChI is InChI=1S/C15H27BrO/c1-11(2)7-8-17-15(10-16)13-6-5-12(9-13)14(15,3)4/h11-13H,5-10H2,1-4H3. The lowest BCUT2D eigenvalue weighted by Crippen LogP contribution is -2.53. The summed E-state index contributed by atoms with van der Waals surface area (Å²) in [5.41, 5.74) is 0.446. The second-order valence-electron chi connectivity index (χ2n) is 6.98. The number of halogens is 1. The van der Waals surface area contributed by atoms with E-state index < -0.39 is 0 Å². The lowest BCUT2D eigenvalue weighted by molar-refractivity contribution is -0.139. The van der Waals surface area contributed by atoms with E-state index in [1.165, 1.54) is 25.7 Å². The monoisotopic (exact) mass is 302 g/mol. The van der Waals surface area contributed by atoms with Crippen LogP contribution in [-0.2, 0) is 4.74 Å². The normalized spacial score (nSPS) is 39.2. The van der Waals surface area contributed by atoms with Crippen LogP contribution in [0.25, 0.3) is 0 Å². The van der Waals surface area contributed by atoms with Crippen molar-refractivity contribution in [1.82, 2.24) is 0 Å². The van der Waals surface area contributed by atoms with Gasteiger partial charge in [-0.1, -0.05) is 43.6 Å². The maximum atomic E-state index is 6.45. The van der Waals surface area contributed by atoms with E-state index in [1.807, 2.05) is 0 Å². The van der Waals surface area contributed by atoms with Gasteiger partial charge in [-0.15, -0.1) is 0 Å². The zero-order valence-corrected chi connectivity index (χ0v) is 13.3. The van der Waals surface area contributed by atoms with Crippen molar-refractivity contribution in [2.45, 2.75) is 59.0 Å². The van der Waals surface area contributed by atoms with Gasteiger partial charge in [0.2, 0.25) is 0 Å². The zero-order valence-electron chi connectivity index (χ0n) is 11.8. The predicted octanol–water partition coefficient (Wildman–Crippen LogP) is 4.64. The highest BCUT2D eigenvalue weighted by Crippen LogP contribution is 2.63. The molecule has 0 aromatic heterocycles. The van der Waals surface area contributed by atoms with E-state index >= 15 is 0 Å². The Labute approximate surface area is 115 Å². The summed E-state index contributed by atoms with van der Waals surface area (Å²) in [6.45, 7) is 10.3. The van der Waals surface area contributed by atoms with Gasteiger partial charge in [0.05, 0.1) is 5.60 Å². The van der Waals surface area contributed by atoms with Crippen LogP contribution in [0.5, 0.6) is 0 Å². The van der Waals surface area contributed by atoms with E-state index in [0.29, 0.717) is 5.41 Å². The molecule has 3 atom stereocenters. The third kappa shape index (κ3) is 2.10. The summed E-state index contributed by atoms with van der Waals surface area (Å²) in [5.74, 6) is 2.40. The quantitative estimate of drug-likeness (QED) is 0.672. The molecule has 0 aromatic rings. The van der Waals surface area contributed by atoms with Crippen molar-refractivity contribution in [3.63, 3.8) is 0 Å². The van der Waals surface area contributed by atoms with Crippen LogP contribution in [0.4, 0.5) is 0 Å². The van der Waals surface area contributed by atoms with Crippen LogP contribution in [0.2, 0.25) is 0 Å². The molecule has 0 N–H and O–H groups in total. The Morgan fingerprint density at radius 1 is 1.24 bits per heavy atom. The van der Waals surface area contributed by atoms with E-state index in [4.69, 9.17) is 4.74 Å². The molecule has 17 heavy (non-hydrogen) atoms. The van der Waals surface area contributed by atoms with Crippen molar-refractivity contribution in [1.29, 1.82) is 0 Å². The molecule has 2 saturated carbocycles. The van der Waals surface area contributed by atoms with Crippen LogP contribution in [0.3, 0.4) is 0 Å². The number of fused-ring (bicyclic) bond motifs is 2. The van der Waals surface area contributed by atoms with Gasteiger partial charge < -0.3 is 4.74 Å². The van der Waals surface area contributed by atoms with Crippen LogP contribution >= 0.6 is 15.9 Å². The fraction of sp³-hybridized carbons (Fsp3) is 1.00. The molecular formula is C15H27BrO. The summed E-state index contributed by atoms with van der Waals surface area (Å²) in [4.78, 5) is 0. The SMILES string of the molecule is CC(C)CCOC1(CBr)C2CCC(C2)C1(C)C. The van der Waals surface area contributed by atoms with Gasteiger partial charge in [-0.05, 0) is 48.9 Å². The van der Waals surface area contributed by atoms with Crippen LogP contribution < -0.4 is 0 Å². The number of hydrogen-bond acceptors (Lipinski definition) is 1. The molecule has 0 spiro atoms. The molecule has 2 bridgehead atoms. The second-order valence-corrected chi connectivity index (χ2v) is 7.54. The average molecular weight is 303 g/mol. The minimum Gasteiger partial charge on any atom is -0.373 e. The van der Waals surface area contributed by atoms with E-state index in [9.17, 15) is 0 Å². The summed E-state index contributed by atoms with van der Waals surface area (Å²) in [6.07, 6.45) is 5.36. The molecule has 0 aliphatic heterocycles. The van der Waals surface area contributed by atoms with Gasteiger partial charge in [-0.25, -0.2) is 0 Å². The molecule has 2 aliphatic carbocycles. The van der Waals surface area contributed by atoms with Crippen molar-refractivity contribution in [3.8, 4) is 0 Å². The second kappa shape index (κ2) is 4.85. The molecule has 0 saturated heterocycles. The number of rotatable bonds is 5. The summed E-state index contributed by atoms with van der Waals surface area (Å²) >= 11 is 3.75. The first-order valence-electron chi connectivity index (χ1n) is 7.14. The summed E-state index contributed by atoms with van der Waals surface area (Å²) in [5, 5.41) is 1.01. The zero-order chi connectivity index (χ0) is 12.7. The first-order valence-corrected chi connectivity index (χ1v) is 8.26. The van der Waals surface area contributed by atoms with Crippen LogP contribution in [-0.4, -0.2) is 17.5 Å². The van der Waals surface area contributed by atoms with Gasteiger partial charge in [-0.2, -0.15) is 0 Å². The highest BCUT2D eigenvalue weighted by Gasteiger charge is 2.63. The Kier molecular flexibility index (Phi) is 3.95. The van der Waals surface area contributed by atoms with E-state index in [1.54, 1.807) is 0 Å². The molecule has 2 fully saturated rings. The molecule has 0 amide bonds. The van der Waals surface area contributed by atoms with Gasteiger partial charge in [0.25, 0.3) is 0 Å². The fourth-order valence-electron chi connectivity index (χ4n) is 4.03. The molecule has 100 valence electrons. The van der Waals surface area contributed by atoms with Crippen LogP contribution in [0.15, 0.2) is 0 Å². The molecule has 2 heteroatoms. The van der Waals surface area contributed by atoms with E-state index in [2.05, 4.69) is 43.6 Å². The smallest absolute Gasteiger partial charge is 0.0860 e. The maximum Gasteiger partial charge on any atom is 0.0860 e. The Bertz CT molecular complexity index is 274. The number of ether oxygens (including phenoxy) is 1. The summed E-state index contributed by atoms with van der Waals surface area (Å²) < 4.78 is 6.45. The largest absolute Gasteiger partial charge is 0.373 e. The number of hydrogen-bond donors (Lipinski definition) is 0. The predicted molar refractivity (Wildman–Crippen MR) is 76.5 cm³/mol. The lowest BCUT2D eigenvalue weighted by atomic mass is 9.66. The molecule has 2 aliphatic rings. The Morgan fingerprint density at radius 3 is 2.35 bits per heavy atom. The van der Waals surface area contributed by atoms with Crippen molar-refractivity contribution >= 4 is 15.9 Å². The van der Waals surface area contributed by atoms with Gasteiger partial charge in [0.1, 0.15) is 0 Å². The maximum absolute atomic E-state index is 6.45. The Hall–Kier alpha value is 0.440. The minimum atomic E-state index is 0.102. The van der Waals surface area contributed by atoms with Gasteiger partial charge in [0, 0.05) is 11.9 Å². The molecule has 0 radical (unpaired) electrons. The molecule has 2 rings (SSSR count). The minimum absolute atomic E-state index is 0.102. The third-order valence-electron chi connectivity index (χ3n) is 5.46. The average Bonchev–Trinajstić information content (AvgIpc) is 2.79. The van der Waals surface area contributed by atoms with Gasteiger partial charge >= 0.3 is 0 Å². The van der Waals surface area contributed by atoms with Crippen molar-refractivity contribution in [2.75, 3.05) is 11.9 Å². The molecule has 1 nitrogen and oxygen atoms in total. The molecule has 0 heterocycles. The van der Waals surface area contributed by atoms with Crippen LogP contribution in [0, 0.1) is 23.2 Å². The third-order valence-corrected chi connectivity index (χ3v) is 6.29. The number of alkyl halides is 1. The first-order chi connectivity index (χ1) is 7.94. The highest BCUT2D eigenvalue weighted by atomic mass is 79.9. The highest BCUT2D eigenvalue weighted by molar-refractivity contribution is 9.09. The lowest BCUT2D eigenvalue weighted by Gasteiger charge is -2.49. The Morgan fingerprint density at radius 2 is 1.88 bits per heavy atom. The van der Waals surface area contributed by atoms with Gasteiger partial charge in [-0.3, -0.25) is 0 Å². The van der Waals surface area contributed by atoms with Crippen molar-refractivity contribution in [2.24, 2.45) is 23.2 Å². The fourth-order valence-corrected chi connectivity index (χ4v) is 5.37. The summed E-state index contributed by atoms with van der Waals surface area (Å²) in [7, 11) is 0. The van der Waals surface area contributed by atoms with Crippen molar-refractivity contribution in [3.05, 3.63) is 0 Å². The first kappa shape index (κ1) is 13.9. The van der Waals surface area contributed by atoms with Crippen molar-refractivity contribution < 1.29 is 4.74 Å². The Balaban J connectivity index is 2.08. The van der Waals surface area contributed by atoms with Gasteiger partial charge in [0.15, 0.2) is 0 Å². The molecule has 3 unspecified atom stereocenters. The molecule has 0 aromatic carbocycles.